The molecule has 1 aromatic heterocycles. The second-order valence-electron chi connectivity index (χ2n) is 4.82. The Kier molecular flexibility index (Phi) is 3.42. The van der Waals surface area contributed by atoms with E-state index in [1.54, 1.807) is 10.9 Å². The average molecular weight is 256 g/mol. The molecule has 0 N–H and O–H groups in total. The highest BCUT2D eigenvalue weighted by atomic mass is 16.5. The molecule has 19 heavy (non-hydrogen) atoms. The minimum Gasteiger partial charge on any atom is -0.381 e. The molecule has 2 aromatic rings. The Hall–Kier alpha value is -1.94. The summed E-state index contributed by atoms with van der Waals surface area (Å²) in [7, 11) is 0. The van der Waals surface area contributed by atoms with E-state index in [0.29, 0.717) is 19.8 Å². The Morgan fingerprint density at radius 2 is 2.16 bits per heavy atom. The highest BCUT2D eigenvalue weighted by Gasteiger charge is 2.23. The molecule has 98 valence electrons. The zero-order valence-corrected chi connectivity index (χ0v) is 10.7. The molecule has 1 unspecified atom stereocenters. The first-order valence-electron chi connectivity index (χ1n) is 6.51. The van der Waals surface area contributed by atoms with Gasteiger partial charge >= 0.3 is 0 Å². The molecular formula is C15H16N2O2. The average Bonchev–Trinajstić information content (AvgIpc) is 3.11. The molecule has 0 spiro atoms. The van der Waals surface area contributed by atoms with Gasteiger partial charge in [0.25, 0.3) is 0 Å². The first-order chi connectivity index (χ1) is 9.33. The van der Waals surface area contributed by atoms with Crippen LogP contribution in [0.3, 0.4) is 0 Å². The van der Waals surface area contributed by atoms with E-state index < -0.39 is 0 Å². The van der Waals surface area contributed by atoms with Gasteiger partial charge in [-0.15, -0.1) is 0 Å². The molecule has 1 saturated heterocycles. The fourth-order valence-corrected chi connectivity index (χ4v) is 2.31. The molecule has 2 heterocycles. The van der Waals surface area contributed by atoms with Crippen LogP contribution < -0.4 is 0 Å². The third-order valence-corrected chi connectivity index (χ3v) is 3.44. The van der Waals surface area contributed by atoms with Gasteiger partial charge in [-0.3, -0.25) is 9.48 Å². The first-order valence-corrected chi connectivity index (χ1v) is 6.51. The quantitative estimate of drug-likeness (QED) is 0.842. The van der Waals surface area contributed by atoms with Crippen molar-refractivity contribution < 1.29 is 9.53 Å². The summed E-state index contributed by atoms with van der Waals surface area (Å²) in [5.41, 5.74) is 2.15. The van der Waals surface area contributed by atoms with Crippen LogP contribution in [0.4, 0.5) is 0 Å². The van der Waals surface area contributed by atoms with Crippen LogP contribution in [0.1, 0.15) is 6.42 Å². The van der Waals surface area contributed by atoms with Crippen LogP contribution >= 0.6 is 0 Å². The molecule has 1 aliphatic rings. The minimum absolute atomic E-state index is 0.0457. The maximum Gasteiger partial charge on any atom is 0.159 e. The number of carbonyl (C=O) groups is 1. The predicted octanol–water partition coefficient (Wildman–Crippen LogP) is 2.16. The molecular weight excluding hydrogens is 240 g/mol. The van der Waals surface area contributed by atoms with E-state index in [1.807, 2.05) is 36.5 Å². The number of nitrogens with zero attached hydrogens (tertiary/aromatic N) is 2. The number of rotatable bonds is 4. The van der Waals surface area contributed by atoms with Crippen molar-refractivity contribution in [3.05, 3.63) is 42.7 Å². The summed E-state index contributed by atoms with van der Waals surface area (Å²) >= 11 is 0. The van der Waals surface area contributed by atoms with Crippen molar-refractivity contribution in [1.82, 2.24) is 9.78 Å². The van der Waals surface area contributed by atoms with Gasteiger partial charge in [0.1, 0.15) is 0 Å². The molecule has 1 fully saturated rings. The molecule has 1 aromatic carbocycles. The Morgan fingerprint density at radius 3 is 2.89 bits per heavy atom. The van der Waals surface area contributed by atoms with Crippen LogP contribution in [0.25, 0.3) is 11.1 Å². The summed E-state index contributed by atoms with van der Waals surface area (Å²) in [6.07, 6.45) is 4.56. The highest BCUT2D eigenvalue weighted by Crippen LogP contribution is 2.18. The number of ketones is 1. The summed E-state index contributed by atoms with van der Waals surface area (Å²) in [5.74, 6) is 0.254. The van der Waals surface area contributed by atoms with Crippen molar-refractivity contribution in [2.75, 3.05) is 13.2 Å². The first kappa shape index (κ1) is 12.1. The van der Waals surface area contributed by atoms with Crippen LogP contribution in [0.2, 0.25) is 0 Å². The zero-order valence-electron chi connectivity index (χ0n) is 10.7. The van der Waals surface area contributed by atoms with E-state index in [0.717, 1.165) is 17.5 Å². The molecule has 1 aliphatic heterocycles. The zero-order chi connectivity index (χ0) is 13.1. The van der Waals surface area contributed by atoms with Gasteiger partial charge in [-0.1, -0.05) is 30.3 Å². The van der Waals surface area contributed by atoms with E-state index in [4.69, 9.17) is 4.74 Å². The number of Topliss-reactive ketones (excluding diaryl/α,β-unsaturated/α-hetero) is 1. The normalized spacial score (nSPS) is 18.6. The number of hydrogen-bond donors (Lipinski definition) is 0. The van der Waals surface area contributed by atoms with Gasteiger partial charge in [0.15, 0.2) is 5.78 Å². The summed E-state index contributed by atoms with van der Waals surface area (Å²) in [4.78, 5) is 12.0. The van der Waals surface area contributed by atoms with Crippen molar-refractivity contribution in [2.24, 2.45) is 5.92 Å². The van der Waals surface area contributed by atoms with Crippen molar-refractivity contribution in [2.45, 2.75) is 13.0 Å². The van der Waals surface area contributed by atoms with Crippen LogP contribution in [-0.4, -0.2) is 28.8 Å². The van der Waals surface area contributed by atoms with E-state index in [-0.39, 0.29) is 11.7 Å². The van der Waals surface area contributed by atoms with E-state index in [1.165, 1.54) is 0 Å². The molecule has 0 aliphatic carbocycles. The van der Waals surface area contributed by atoms with E-state index in [2.05, 4.69) is 5.10 Å². The number of aromatic nitrogens is 2. The Morgan fingerprint density at radius 1 is 1.32 bits per heavy atom. The minimum atomic E-state index is 0.0457. The van der Waals surface area contributed by atoms with Crippen LogP contribution in [0, 0.1) is 5.92 Å². The van der Waals surface area contributed by atoms with Gasteiger partial charge in [0.05, 0.1) is 19.3 Å². The Bertz CT molecular complexity index is 557. The van der Waals surface area contributed by atoms with Gasteiger partial charge in [-0.25, -0.2) is 0 Å². The molecule has 0 radical (unpaired) electrons. The lowest BCUT2D eigenvalue weighted by Gasteiger charge is -2.05. The lowest BCUT2D eigenvalue weighted by atomic mass is 10.0. The van der Waals surface area contributed by atoms with Crippen molar-refractivity contribution >= 4 is 5.78 Å². The molecule has 0 amide bonds. The van der Waals surface area contributed by atoms with E-state index >= 15 is 0 Å². The summed E-state index contributed by atoms with van der Waals surface area (Å²) < 4.78 is 6.95. The lowest BCUT2D eigenvalue weighted by molar-refractivity contribution is -0.123. The number of hydrogen-bond acceptors (Lipinski definition) is 3. The second kappa shape index (κ2) is 5.36. The van der Waals surface area contributed by atoms with Crippen LogP contribution in [-0.2, 0) is 16.1 Å². The third kappa shape index (κ3) is 2.74. The Balaban J connectivity index is 1.70. The molecule has 0 saturated carbocycles. The van der Waals surface area contributed by atoms with Crippen molar-refractivity contribution in [3.8, 4) is 11.1 Å². The SMILES string of the molecule is O=C(Cn1cc(-c2ccccc2)cn1)C1CCOC1. The smallest absolute Gasteiger partial charge is 0.159 e. The van der Waals surface area contributed by atoms with Gasteiger partial charge in [0, 0.05) is 24.3 Å². The summed E-state index contributed by atoms with van der Waals surface area (Å²) in [6.45, 7) is 1.59. The lowest BCUT2D eigenvalue weighted by Crippen LogP contribution is -2.20. The molecule has 1 atom stereocenters. The summed E-state index contributed by atoms with van der Waals surface area (Å²) in [6, 6.07) is 10.0. The highest BCUT2D eigenvalue weighted by molar-refractivity contribution is 5.81. The largest absolute Gasteiger partial charge is 0.381 e. The second-order valence-corrected chi connectivity index (χ2v) is 4.82. The van der Waals surface area contributed by atoms with Crippen LogP contribution in [0.15, 0.2) is 42.7 Å². The topological polar surface area (TPSA) is 44.1 Å². The standard InChI is InChI=1S/C15H16N2O2/c18-15(13-6-7-19-11-13)10-17-9-14(8-16-17)12-4-2-1-3-5-12/h1-5,8-9,13H,6-7,10-11H2. The number of carbonyl (C=O) groups excluding carboxylic acids is 1. The number of ether oxygens (including phenoxy) is 1. The molecule has 0 bridgehead atoms. The maximum absolute atomic E-state index is 12.0. The summed E-state index contributed by atoms with van der Waals surface area (Å²) in [5, 5.41) is 4.26. The fraction of sp³-hybridized carbons (Fsp3) is 0.333. The van der Waals surface area contributed by atoms with Gasteiger partial charge in [0.2, 0.25) is 0 Å². The third-order valence-electron chi connectivity index (χ3n) is 3.44. The monoisotopic (exact) mass is 256 g/mol. The molecule has 4 nitrogen and oxygen atoms in total. The van der Waals surface area contributed by atoms with Crippen molar-refractivity contribution in [1.29, 1.82) is 0 Å². The van der Waals surface area contributed by atoms with Gasteiger partial charge < -0.3 is 4.74 Å². The van der Waals surface area contributed by atoms with Crippen LogP contribution in [0.5, 0.6) is 0 Å². The van der Waals surface area contributed by atoms with Gasteiger partial charge in [-0.2, -0.15) is 5.10 Å². The molecule has 3 rings (SSSR count). The Labute approximate surface area is 112 Å². The van der Waals surface area contributed by atoms with E-state index in [9.17, 15) is 4.79 Å². The predicted molar refractivity (Wildman–Crippen MR) is 71.6 cm³/mol. The maximum atomic E-state index is 12.0. The molecule has 4 heteroatoms. The van der Waals surface area contributed by atoms with Crippen molar-refractivity contribution in [3.63, 3.8) is 0 Å². The van der Waals surface area contributed by atoms with Gasteiger partial charge in [-0.05, 0) is 12.0 Å². The number of benzene rings is 1. The fourth-order valence-electron chi connectivity index (χ4n) is 2.31.